The summed E-state index contributed by atoms with van der Waals surface area (Å²) in [6.07, 6.45) is 3.22. The lowest BCUT2D eigenvalue weighted by Gasteiger charge is -2.07. The molecular weight excluding hydrogens is 284 g/mol. The largest absolute Gasteiger partial charge is 0.494 e. The van der Waals surface area contributed by atoms with Crippen LogP contribution in [-0.4, -0.2) is 32.9 Å². The monoisotopic (exact) mass is 296 g/mol. The number of nitrogens with zero attached hydrogens (tertiary/aromatic N) is 4. The zero-order valence-corrected chi connectivity index (χ0v) is 11.6. The van der Waals surface area contributed by atoms with Gasteiger partial charge in [-0.25, -0.2) is 4.68 Å². The molecule has 0 aliphatic carbocycles. The Morgan fingerprint density at radius 1 is 1.50 bits per heavy atom. The van der Waals surface area contributed by atoms with Crippen molar-refractivity contribution < 1.29 is 9.66 Å². The molecule has 1 aromatic heterocycles. The maximum Gasteiger partial charge on any atom is 0.271 e. The van der Waals surface area contributed by atoms with E-state index in [-0.39, 0.29) is 5.69 Å². The van der Waals surface area contributed by atoms with Gasteiger partial charge >= 0.3 is 0 Å². The second-order valence-electron chi connectivity index (χ2n) is 4.06. The van der Waals surface area contributed by atoms with Crippen molar-refractivity contribution in [3.63, 3.8) is 0 Å². The number of benzene rings is 1. The number of rotatable bonds is 6. The lowest BCUT2D eigenvalue weighted by atomic mass is 10.2. The summed E-state index contributed by atoms with van der Waals surface area (Å²) in [7, 11) is 1.50. The number of ether oxygens (including phenoxy) is 1. The smallest absolute Gasteiger partial charge is 0.271 e. The first kappa shape index (κ1) is 14.3. The predicted octanol–water partition coefficient (Wildman–Crippen LogP) is 2.36. The highest BCUT2D eigenvalue weighted by atomic mass is 35.5. The average molecular weight is 297 g/mol. The van der Waals surface area contributed by atoms with Crippen LogP contribution in [0.4, 0.5) is 5.69 Å². The lowest BCUT2D eigenvalue weighted by Crippen LogP contribution is -2.00. The zero-order valence-electron chi connectivity index (χ0n) is 10.8. The molecule has 0 aliphatic rings. The van der Waals surface area contributed by atoms with Crippen molar-refractivity contribution in [2.24, 2.45) is 0 Å². The van der Waals surface area contributed by atoms with Crippen molar-refractivity contribution in [3.8, 4) is 11.4 Å². The Hall–Kier alpha value is -2.15. The molecule has 0 amide bonds. The third-order valence-electron chi connectivity index (χ3n) is 2.73. The fourth-order valence-corrected chi connectivity index (χ4v) is 1.88. The van der Waals surface area contributed by atoms with Crippen LogP contribution in [0.25, 0.3) is 5.69 Å². The molecule has 0 unspecified atom stereocenters. The summed E-state index contributed by atoms with van der Waals surface area (Å²) in [5, 5.41) is 18.8. The van der Waals surface area contributed by atoms with Gasteiger partial charge in [-0.3, -0.25) is 10.1 Å². The van der Waals surface area contributed by atoms with Gasteiger partial charge in [0.1, 0.15) is 11.4 Å². The van der Waals surface area contributed by atoms with Gasteiger partial charge in [-0.1, -0.05) is 5.21 Å². The Labute approximate surface area is 120 Å². The molecule has 1 heterocycles. The number of aryl methyl sites for hydroxylation is 1. The highest BCUT2D eigenvalue weighted by Gasteiger charge is 2.14. The Bertz CT molecular complexity index is 614. The fraction of sp³-hybridized carbons (Fsp3) is 0.333. The maximum atomic E-state index is 10.8. The molecule has 0 radical (unpaired) electrons. The summed E-state index contributed by atoms with van der Waals surface area (Å²) >= 11 is 5.63. The Kier molecular flexibility index (Phi) is 4.52. The van der Waals surface area contributed by atoms with Crippen LogP contribution in [0.5, 0.6) is 5.75 Å². The van der Waals surface area contributed by atoms with Gasteiger partial charge in [0, 0.05) is 18.0 Å². The molecule has 1 aromatic carbocycles. The summed E-state index contributed by atoms with van der Waals surface area (Å²) in [6.45, 7) is 0. The van der Waals surface area contributed by atoms with E-state index in [9.17, 15) is 10.1 Å². The van der Waals surface area contributed by atoms with Crippen molar-refractivity contribution in [3.05, 3.63) is 40.2 Å². The van der Waals surface area contributed by atoms with Crippen LogP contribution < -0.4 is 4.74 Å². The molecule has 0 N–H and O–H groups in total. The lowest BCUT2D eigenvalue weighted by molar-refractivity contribution is -0.384. The van der Waals surface area contributed by atoms with Crippen LogP contribution in [-0.2, 0) is 6.42 Å². The van der Waals surface area contributed by atoms with Crippen LogP contribution in [0.3, 0.4) is 0 Å². The topological polar surface area (TPSA) is 83.1 Å². The molecule has 106 valence electrons. The van der Waals surface area contributed by atoms with Gasteiger partial charge in [-0.05, 0) is 18.9 Å². The molecule has 0 atom stereocenters. The van der Waals surface area contributed by atoms with Crippen molar-refractivity contribution in [1.29, 1.82) is 0 Å². The molecule has 2 rings (SSSR count). The predicted molar refractivity (Wildman–Crippen MR) is 73.6 cm³/mol. The number of nitro groups is 1. The van der Waals surface area contributed by atoms with E-state index >= 15 is 0 Å². The second kappa shape index (κ2) is 6.33. The van der Waals surface area contributed by atoms with Crippen LogP contribution in [0.2, 0.25) is 0 Å². The molecular formula is C12H13ClN4O3. The van der Waals surface area contributed by atoms with Crippen LogP contribution >= 0.6 is 11.6 Å². The molecule has 0 aliphatic heterocycles. The fourth-order valence-electron chi connectivity index (χ4n) is 1.75. The van der Waals surface area contributed by atoms with Gasteiger partial charge in [0.25, 0.3) is 5.69 Å². The Balaban J connectivity index is 2.36. The summed E-state index contributed by atoms with van der Waals surface area (Å²) < 4.78 is 6.66. The summed E-state index contributed by atoms with van der Waals surface area (Å²) in [6, 6.07) is 4.32. The van der Waals surface area contributed by atoms with Gasteiger partial charge in [0.15, 0.2) is 0 Å². The third-order valence-corrected chi connectivity index (χ3v) is 2.99. The second-order valence-corrected chi connectivity index (χ2v) is 4.44. The van der Waals surface area contributed by atoms with Crippen LogP contribution in [0.15, 0.2) is 24.4 Å². The molecule has 7 nitrogen and oxygen atoms in total. The number of aromatic nitrogens is 3. The van der Waals surface area contributed by atoms with E-state index in [1.807, 2.05) is 0 Å². The Morgan fingerprint density at radius 2 is 2.30 bits per heavy atom. The summed E-state index contributed by atoms with van der Waals surface area (Å²) in [4.78, 5) is 10.4. The third kappa shape index (κ3) is 3.05. The highest BCUT2D eigenvalue weighted by molar-refractivity contribution is 6.17. The minimum Gasteiger partial charge on any atom is -0.494 e. The first-order valence-electron chi connectivity index (χ1n) is 5.95. The molecule has 0 spiro atoms. The number of methoxy groups -OCH3 is 1. The number of hydrogen-bond acceptors (Lipinski definition) is 5. The minimum absolute atomic E-state index is 0.0291. The van der Waals surface area contributed by atoms with Gasteiger partial charge in [0.2, 0.25) is 0 Å². The first-order chi connectivity index (χ1) is 9.65. The highest BCUT2D eigenvalue weighted by Crippen LogP contribution is 2.27. The van der Waals surface area contributed by atoms with Crippen LogP contribution in [0, 0.1) is 10.1 Å². The van der Waals surface area contributed by atoms with E-state index in [4.69, 9.17) is 16.3 Å². The van der Waals surface area contributed by atoms with Crippen molar-refractivity contribution in [2.45, 2.75) is 12.8 Å². The summed E-state index contributed by atoms with van der Waals surface area (Å²) in [5.41, 5.74) is 1.23. The molecule has 0 fully saturated rings. The molecule has 0 saturated heterocycles. The van der Waals surface area contributed by atoms with E-state index in [2.05, 4.69) is 10.3 Å². The zero-order chi connectivity index (χ0) is 14.5. The number of nitro benzene ring substituents is 1. The van der Waals surface area contributed by atoms with Crippen molar-refractivity contribution in [1.82, 2.24) is 15.0 Å². The van der Waals surface area contributed by atoms with Gasteiger partial charge in [0.05, 0.1) is 23.9 Å². The van der Waals surface area contributed by atoms with Crippen LogP contribution in [0.1, 0.15) is 12.1 Å². The van der Waals surface area contributed by atoms with Crippen molar-refractivity contribution >= 4 is 17.3 Å². The number of non-ortho nitro benzene ring substituents is 1. The molecule has 0 saturated carbocycles. The molecule has 20 heavy (non-hydrogen) atoms. The number of halogens is 1. The molecule has 8 heteroatoms. The molecule has 0 bridgehead atoms. The standard InChI is InChI=1S/C12H13ClN4O3/c1-20-12-5-4-10(17(18)19)7-11(12)16-8-9(14-15-16)3-2-6-13/h4-5,7-8H,2-3,6H2,1H3. The SMILES string of the molecule is COc1ccc([N+](=O)[O-])cc1-n1cc(CCCCl)nn1. The van der Waals surface area contributed by atoms with E-state index < -0.39 is 4.92 Å². The first-order valence-corrected chi connectivity index (χ1v) is 6.49. The van der Waals surface area contributed by atoms with E-state index in [1.165, 1.54) is 30.0 Å². The van der Waals surface area contributed by atoms with E-state index in [0.29, 0.717) is 23.7 Å². The maximum absolute atomic E-state index is 10.8. The van der Waals surface area contributed by atoms with Gasteiger partial charge in [-0.15, -0.1) is 16.7 Å². The number of alkyl halides is 1. The quantitative estimate of drug-likeness (QED) is 0.464. The Morgan fingerprint density at radius 3 is 2.95 bits per heavy atom. The normalized spacial score (nSPS) is 10.5. The van der Waals surface area contributed by atoms with E-state index in [0.717, 1.165) is 12.1 Å². The van der Waals surface area contributed by atoms with Crippen molar-refractivity contribution in [2.75, 3.05) is 13.0 Å². The van der Waals surface area contributed by atoms with Gasteiger partial charge < -0.3 is 4.74 Å². The molecule has 2 aromatic rings. The number of hydrogen-bond donors (Lipinski definition) is 0. The average Bonchev–Trinajstić information content (AvgIpc) is 2.93. The van der Waals surface area contributed by atoms with Gasteiger partial charge in [-0.2, -0.15) is 0 Å². The summed E-state index contributed by atoms with van der Waals surface area (Å²) in [5.74, 6) is 1.04. The van der Waals surface area contributed by atoms with E-state index in [1.54, 1.807) is 6.20 Å². The minimum atomic E-state index is -0.464.